The summed E-state index contributed by atoms with van der Waals surface area (Å²) in [4.78, 5) is 5.16. The van der Waals surface area contributed by atoms with Crippen LogP contribution >= 0.6 is 0 Å². The van der Waals surface area contributed by atoms with Crippen LogP contribution in [0.2, 0.25) is 0 Å². The molecule has 0 unspecified atom stereocenters. The standard InChI is InChI=1S/C18H31N3/c1-5-19-13-17-12-16(4)6-7-18(17)21-10-8-20(9-11-21)14-15(2)3/h6-7,12,15,19H,5,8-11,13-14H2,1-4H3. The minimum Gasteiger partial charge on any atom is -0.369 e. The molecule has 0 amide bonds. The number of hydrogen-bond acceptors (Lipinski definition) is 3. The van der Waals surface area contributed by atoms with Crippen molar-refractivity contribution < 1.29 is 0 Å². The van der Waals surface area contributed by atoms with Crippen LogP contribution in [0.5, 0.6) is 0 Å². The lowest BCUT2D eigenvalue weighted by Gasteiger charge is -2.37. The Hall–Kier alpha value is -1.06. The molecular formula is C18H31N3. The van der Waals surface area contributed by atoms with Crippen LogP contribution in [0.4, 0.5) is 5.69 Å². The third kappa shape index (κ3) is 4.72. The number of nitrogens with zero attached hydrogens (tertiary/aromatic N) is 2. The first-order valence-electron chi connectivity index (χ1n) is 8.37. The second-order valence-corrected chi connectivity index (χ2v) is 6.59. The lowest BCUT2D eigenvalue weighted by molar-refractivity contribution is 0.231. The summed E-state index contributed by atoms with van der Waals surface area (Å²) in [7, 11) is 0. The van der Waals surface area contributed by atoms with Crippen molar-refractivity contribution in [1.82, 2.24) is 10.2 Å². The molecule has 1 saturated heterocycles. The zero-order chi connectivity index (χ0) is 15.2. The molecule has 2 rings (SSSR count). The highest BCUT2D eigenvalue weighted by Crippen LogP contribution is 2.23. The monoisotopic (exact) mass is 289 g/mol. The van der Waals surface area contributed by atoms with Crippen molar-refractivity contribution in [2.24, 2.45) is 5.92 Å². The van der Waals surface area contributed by atoms with Crippen molar-refractivity contribution in [2.75, 3.05) is 44.2 Å². The van der Waals surface area contributed by atoms with Gasteiger partial charge in [-0.15, -0.1) is 0 Å². The fourth-order valence-electron chi connectivity index (χ4n) is 3.11. The van der Waals surface area contributed by atoms with Crippen molar-refractivity contribution in [3.05, 3.63) is 29.3 Å². The fourth-order valence-corrected chi connectivity index (χ4v) is 3.11. The zero-order valence-electron chi connectivity index (χ0n) is 14.2. The van der Waals surface area contributed by atoms with Gasteiger partial charge in [0.05, 0.1) is 0 Å². The minimum atomic E-state index is 0.764. The molecular weight excluding hydrogens is 258 g/mol. The van der Waals surface area contributed by atoms with Crippen LogP contribution in [-0.4, -0.2) is 44.2 Å². The lowest BCUT2D eigenvalue weighted by Crippen LogP contribution is -2.47. The summed E-state index contributed by atoms with van der Waals surface area (Å²) in [5.74, 6) is 0.764. The smallest absolute Gasteiger partial charge is 0.0412 e. The molecule has 1 heterocycles. The highest BCUT2D eigenvalue weighted by Gasteiger charge is 2.19. The molecule has 0 radical (unpaired) electrons. The second-order valence-electron chi connectivity index (χ2n) is 6.59. The van der Waals surface area contributed by atoms with E-state index in [1.165, 1.54) is 36.4 Å². The van der Waals surface area contributed by atoms with Gasteiger partial charge in [-0.25, -0.2) is 0 Å². The Labute approximate surface area is 130 Å². The summed E-state index contributed by atoms with van der Waals surface area (Å²) in [6.07, 6.45) is 0. The molecule has 3 nitrogen and oxygen atoms in total. The molecule has 1 N–H and O–H groups in total. The minimum absolute atomic E-state index is 0.764. The Balaban J connectivity index is 2.02. The van der Waals surface area contributed by atoms with Crippen molar-refractivity contribution in [2.45, 2.75) is 34.2 Å². The van der Waals surface area contributed by atoms with Crippen molar-refractivity contribution in [3.63, 3.8) is 0 Å². The summed E-state index contributed by atoms with van der Waals surface area (Å²) in [5, 5.41) is 3.47. The van der Waals surface area contributed by atoms with Crippen LogP contribution in [0.1, 0.15) is 31.9 Å². The first kappa shape index (κ1) is 16.3. The predicted octanol–water partition coefficient (Wildman–Crippen LogP) is 2.88. The molecule has 0 aliphatic carbocycles. The molecule has 1 aromatic carbocycles. The third-order valence-electron chi connectivity index (χ3n) is 4.14. The van der Waals surface area contributed by atoms with Gasteiger partial charge in [-0.3, -0.25) is 4.90 Å². The summed E-state index contributed by atoms with van der Waals surface area (Å²) >= 11 is 0. The first-order chi connectivity index (χ1) is 10.1. The zero-order valence-corrected chi connectivity index (χ0v) is 14.2. The molecule has 0 saturated carbocycles. The van der Waals surface area contributed by atoms with Crippen molar-refractivity contribution >= 4 is 5.69 Å². The summed E-state index contributed by atoms with van der Waals surface area (Å²) < 4.78 is 0. The van der Waals surface area contributed by atoms with Crippen LogP contribution < -0.4 is 10.2 Å². The van der Waals surface area contributed by atoms with Crippen LogP contribution in [0.3, 0.4) is 0 Å². The summed E-state index contributed by atoms with van der Waals surface area (Å²) in [5.41, 5.74) is 4.21. The number of benzene rings is 1. The Morgan fingerprint density at radius 1 is 1.14 bits per heavy atom. The van der Waals surface area contributed by atoms with E-state index in [2.05, 4.69) is 61.0 Å². The molecule has 0 bridgehead atoms. The quantitative estimate of drug-likeness (QED) is 0.869. The molecule has 21 heavy (non-hydrogen) atoms. The highest BCUT2D eigenvalue weighted by atomic mass is 15.3. The van der Waals surface area contributed by atoms with Crippen molar-refractivity contribution in [3.8, 4) is 0 Å². The fraction of sp³-hybridized carbons (Fsp3) is 0.667. The molecule has 0 aromatic heterocycles. The normalized spacial score (nSPS) is 16.7. The number of piperazine rings is 1. The molecule has 3 heteroatoms. The van der Waals surface area contributed by atoms with E-state index in [1.54, 1.807) is 0 Å². The number of hydrogen-bond donors (Lipinski definition) is 1. The van der Waals surface area contributed by atoms with Gasteiger partial charge in [0.1, 0.15) is 0 Å². The number of rotatable bonds is 6. The van der Waals surface area contributed by atoms with E-state index in [0.717, 1.165) is 32.1 Å². The first-order valence-corrected chi connectivity index (χ1v) is 8.37. The maximum absolute atomic E-state index is 3.47. The summed E-state index contributed by atoms with van der Waals surface area (Å²) in [6, 6.07) is 6.88. The predicted molar refractivity (Wildman–Crippen MR) is 92.1 cm³/mol. The van der Waals surface area contributed by atoms with Gasteiger partial charge in [-0.2, -0.15) is 0 Å². The maximum Gasteiger partial charge on any atom is 0.0412 e. The van der Waals surface area contributed by atoms with Gasteiger partial charge >= 0.3 is 0 Å². The number of nitrogens with one attached hydrogen (secondary N) is 1. The maximum atomic E-state index is 3.47. The lowest BCUT2D eigenvalue weighted by atomic mass is 10.1. The van der Waals surface area contributed by atoms with E-state index in [1.807, 2.05) is 0 Å². The Bertz CT molecular complexity index is 434. The second kappa shape index (κ2) is 7.81. The molecule has 0 atom stereocenters. The molecule has 1 aromatic rings. The van der Waals surface area contributed by atoms with Gasteiger partial charge in [0.15, 0.2) is 0 Å². The third-order valence-corrected chi connectivity index (χ3v) is 4.14. The van der Waals surface area contributed by atoms with Gasteiger partial charge in [-0.05, 0) is 31.0 Å². The molecule has 1 aliphatic rings. The van der Waals surface area contributed by atoms with E-state index in [9.17, 15) is 0 Å². The molecule has 1 aliphatic heterocycles. The van der Waals surface area contributed by atoms with Gasteiger partial charge in [0, 0.05) is 45.0 Å². The largest absolute Gasteiger partial charge is 0.369 e. The average molecular weight is 289 g/mol. The van der Waals surface area contributed by atoms with E-state index >= 15 is 0 Å². The van der Waals surface area contributed by atoms with Gasteiger partial charge in [-0.1, -0.05) is 38.5 Å². The van der Waals surface area contributed by atoms with Crippen LogP contribution in [0.25, 0.3) is 0 Å². The Morgan fingerprint density at radius 3 is 2.48 bits per heavy atom. The number of aryl methyl sites for hydroxylation is 1. The van der Waals surface area contributed by atoms with E-state index < -0.39 is 0 Å². The topological polar surface area (TPSA) is 18.5 Å². The van der Waals surface area contributed by atoms with Crippen LogP contribution in [0, 0.1) is 12.8 Å². The van der Waals surface area contributed by atoms with E-state index in [0.29, 0.717) is 0 Å². The summed E-state index contributed by atoms with van der Waals surface area (Å²) in [6.45, 7) is 16.9. The van der Waals surface area contributed by atoms with Gasteiger partial charge < -0.3 is 10.2 Å². The van der Waals surface area contributed by atoms with Crippen molar-refractivity contribution in [1.29, 1.82) is 0 Å². The van der Waals surface area contributed by atoms with E-state index in [-0.39, 0.29) is 0 Å². The van der Waals surface area contributed by atoms with Crippen LogP contribution in [0.15, 0.2) is 18.2 Å². The number of anilines is 1. The van der Waals surface area contributed by atoms with Gasteiger partial charge in [0.2, 0.25) is 0 Å². The van der Waals surface area contributed by atoms with Crippen LogP contribution in [-0.2, 0) is 6.54 Å². The SMILES string of the molecule is CCNCc1cc(C)ccc1N1CCN(CC(C)C)CC1. The average Bonchev–Trinajstić information content (AvgIpc) is 2.46. The molecule has 0 spiro atoms. The van der Waals surface area contributed by atoms with E-state index in [4.69, 9.17) is 0 Å². The van der Waals surface area contributed by atoms with Gasteiger partial charge in [0.25, 0.3) is 0 Å². The Morgan fingerprint density at radius 2 is 1.86 bits per heavy atom. The highest BCUT2D eigenvalue weighted by molar-refractivity contribution is 5.55. The molecule has 1 fully saturated rings. The molecule has 118 valence electrons. The Kier molecular flexibility index (Phi) is 6.07.